The molecule has 0 saturated heterocycles. The van der Waals surface area contributed by atoms with E-state index in [0.29, 0.717) is 0 Å². The molecule has 1 unspecified atom stereocenters. The first kappa shape index (κ1) is 14.2. The maximum atomic E-state index is 6.40. The molecule has 3 rings (SSSR count). The molecule has 2 N–H and O–H groups in total. The van der Waals surface area contributed by atoms with Crippen LogP contribution in [0.2, 0.25) is 0 Å². The Morgan fingerprint density at radius 1 is 1.05 bits per heavy atom. The van der Waals surface area contributed by atoms with E-state index >= 15 is 0 Å². The minimum absolute atomic E-state index is 0.127. The van der Waals surface area contributed by atoms with Crippen molar-refractivity contribution >= 4 is 21.6 Å². The van der Waals surface area contributed by atoms with Gasteiger partial charge >= 0.3 is 0 Å². The van der Waals surface area contributed by atoms with E-state index in [0.717, 1.165) is 16.6 Å². The number of benzene rings is 1. The minimum Gasteiger partial charge on any atom is -0.320 e. The molecule has 0 aliphatic rings. The van der Waals surface area contributed by atoms with Crippen molar-refractivity contribution in [1.82, 2.24) is 4.98 Å². The summed E-state index contributed by atoms with van der Waals surface area (Å²) < 4.78 is 1.19. The van der Waals surface area contributed by atoms with Crippen LogP contribution in [0.25, 0.3) is 10.2 Å². The summed E-state index contributed by atoms with van der Waals surface area (Å²) in [6.45, 7) is 6.66. The summed E-state index contributed by atoms with van der Waals surface area (Å²) >= 11 is 1.70. The average Bonchev–Trinajstić information content (AvgIpc) is 2.93. The quantitative estimate of drug-likeness (QED) is 0.748. The van der Waals surface area contributed by atoms with E-state index in [2.05, 4.69) is 61.5 Å². The molecule has 2 heterocycles. The third-order valence-corrected chi connectivity index (χ3v) is 4.67. The van der Waals surface area contributed by atoms with Gasteiger partial charge in [-0.05, 0) is 39.6 Å². The Morgan fingerprint density at radius 3 is 2.43 bits per heavy atom. The molecule has 0 saturated carbocycles. The zero-order valence-corrected chi connectivity index (χ0v) is 13.4. The Kier molecular flexibility index (Phi) is 3.56. The molecule has 1 aromatic carbocycles. The fraction of sp³-hybridized carbons (Fsp3) is 0.278. The van der Waals surface area contributed by atoms with Gasteiger partial charge in [-0.2, -0.15) is 0 Å². The first-order valence-electron chi connectivity index (χ1n) is 7.14. The molecule has 0 amide bonds. The first-order chi connectivity index (χ1) is 9.95. The molecule has 3 aromatic rings. The lowest BCUT2D eigenvalue weighted by molar-refractivity contribution is 0.589. The number of nitrogens with two attached hydrogens (primary N) is 1. The van der Waals surface area contributed by atoms with E-state index in [1.54, 1.807) is 11.3 Å². The van der Waals surface area contributed by atoms with Gasteiger partial charge in [0, 0.05) is 6.20 Å². The number of aromatic nitrogens is 1. The molecule has 0 aliphatic heterocycles. The molecule has 3 heteroatoms. The first-order valence-corrected chi connectivity index (χ1v) is 8.02. The van der Waals surface area contributed by atoms with E-state index in [4.69, 9.17) is 5.73 Å². The number of nitrogens with zero attached hydrogens (tertiary/aromatic N) is 1. The fourth-order valence-corrected chi connectivity index (χ4v) is 3.20. The molecule has 0 bridgehead atoms. The second-order valence-corrected chi connectivity index (χ2v) is 7.37. The Morgan fingerprint density at radius 2 is 1.76 bits per heavy atom. The molecule has 1 atom stereocenters. The zero-order valence-electron chi connectivity index (χ0n) is 12.6. The standard InChI is InChI=1S/C18H20N2S/c1-18(2,3)14-6-4-12(5-7-14)17(19)13-10-16-15(20-11-13)8-9-21-16/h4-11,17H,19H2,1-3H3. The van der Waals surface area contributed by atoms with Crippen molar-refractivity contribution in [3.05, 3.63) is 64.7 Å². The van der Waals surface area contributed by atoms with Crippen molar-refractivity contribution in [1.29, 1.82) is 0 Å². The van der Waals surface area contributed by atoms with Crippen molar-refractivity contribution in [3.63, 3.8) is 0 Å². The molecule has 0 spiro atoms. The van der Waals surface area contributed by atoms with Gasteiger partial charge in [-0.25, -0.2) is 0 Å². The van der Waals surface area contributed by atoms with Crippen LogP contribution in [0.15, 0.2) is 48.0 Å². The van der Waals surface area contributed by atoms with Gasteiger partial charge < -0.3 is 5.73 Å². The van der Waals surface area contributed by atoms with Crippen molar-refractivity contribution in [2.75, 3.05) is 0 Å². The highest BCUT2D eigenvalue weighted by Crippen LogP contribution is 2.27. The Labute approximate surface area is 129 Å². The normalized spacial score (nSPS) is 13.5. The van der Waals surface area contributed by atoms with Crippen molar-refractivity contribution in [2.24, 2.45) is 5.73 Å². The average molecular weight is 296 g/mol. The molecule has 2 nitrogen and oxygen atoms in total. The van der Waals surface area contributed by atoms with Gasteiger partial charge in [0.15, 0.2) is 0 Å². The maximum Gasteiger partial charge on any atom is 0.0809 e. The van der Waals surface area contributed by atoms with E-state index in [-0.39, 0.29) is 11.5 Å². The lowest BCUT2D eigenvalue weighted by atomic mass is 9.86. The van der Waals surface area contributed by atoms with Crippen LogP contribution < -0.4 is 5.73 Å². The van der Waals surface area contributed by atoms with Crippen LogP contribution in [0.5, 0.6) is 0 Å². The Hall–Kier alpha value is -1.71. The number of hydrogen-bond acceptors (Lipinski definition) is 3. The van der Waals surface area contributed by atoms with E-state index in [1.807, 2.05) is 12.3 Å². The molecular formula is C18H20N2S. The second-order valence-electron chi connectivity index (χ2n) is 6.42. The predicted octanol–water partition coefficient (Wildman–Crippen LogP) is 4.64. The van der Waals surface area contributed by atoms with Crippen molar-refractivity contribution in [3.8, 4) is 0 Å². The van der Waals surface area contributed by atoms with Gasteiger partial charge in [-0.1, -0.05) is 45.0 Å². The minimum atomic E-state index is -0.127. The highest BCUT2D eigenvalue weighted by atomic mass is 32.1. The van der Waals surface area contributed by atoms with Gasteiger partial charge in [-0.3, -0.25) is 4.98 Å². The number of fused-ring (bicyclic) bond motifs is 1. The number of hydrogen-bond donors (Lipinski definition) is 1. The van der Waals surface area contributed by atoms with Gasteiger partial charge in [-0.15, -0.1) is 11.3 Å². The number of thiophene rings is 1. The molecule has 0 radical (unpaired) electrons. The van der Waals surface area contributed by atoms with E-state index in [9.17, 15) is 0 Å². The zero-order chi connectivity index (χ0) is 15.0. The summed E-state index contributed by atoms with van der Waals surface area (Å²) in [7, 11) is 0. The predicted molar refractivity (Wildman–Crippen MR) is 90.8 cm³/mol. The summed E-state index contributed by atoms with van der Waals surface area (Å²) in [5.41, 5.74) is 11.1. The summed E-state index contributed by atoms with van der Waals surface area (Å²) in [5.74, 6) is 0. The van der Waals surface area contributed by atoms with Crippen LogP contribution in [0, 0.1) is 0 Å². The highest BCUT2D eigenvalue weighted by Gasteiger charge is 2.15. The number of rotatable bonds is 2. The van der Waals surface area contributed by atoms with E-state index in [1.165, 1.54) is 10.3 Å². The second kappa shape index (κ2) is 5.24. The summed E-state index contributed by atoms with van der Waals surface area (Å²) in [4.78, 5) is 4.47. The van der Waals surface area contributed by atoms with Crippen LogP contribution in [0.1, 0.15) is 43.5 Å². The monoisotopic (exact) mass is 296 g/mol. The smallest absolute Gasteiger partial charge is 0.0809 e. The SMILES string of the molecule is CC(C)(C)c1ccc(C(N)c2cnc3ccsc3c2)cc1. The summed E-state index contributed by atoms with van der Waals surface area (Å²) in [6, 6.07) is 12.7. The van der Waals surface area contributed by atoms with Crippen LogP contribution in [-0.2, 0) is 5.41 Å². The molecule has 0 aliphatic carbocycles. The lowest BCUT2D eigenvalue weighted by Gasteiger charge is -2.20. The Bertz CT molecular complexity index is 751. The topological polar surface area (TPSA) is 38.9 Å². The Balaban J connectivity index is 1.92. The fourth-order valence-electron chi connectivity index (χ4n) is 2.41. The molecule has 21 heavy (non-hydrogen) atoms. The molecular weight excluding hydrogens is 276 g/mol. The summed E-state index contributed by atoms with van der Waals surface area (Å²) in [5, 5.41) is 2.06. The van der Waals surface area contributed by atoms with Gasteiger partial charge in [0.2, 0.25) is 0 Å². The third-order valence-electron chi connectivity index (χ3n) is 3.82. The molecule has 0 fully saturated rings. The number of pyridine rings is 1. The van der Waals surface area contributed by atoms with Gasteiger partial charge in [0.25, 0.3) is 0 Å². The lowest BCUT2D eigenvalue weighted by Crippen LogP contribution is -2.14. The highest BCUT2D eigenvalue weighted by molar-refractivity contribution is 7.17. The largest absolute Gasteiger partial charge is 0.320 e. The van der Waals surface area contributed by atoms with Crippen LogP contribution in [0.4, 0.5) is 0 Å². The van der Waals surface area contributed by atoms with Crippen LogP contribution in [-0.4, -0.2) is 4.98 Å². The maximum absolute atomic E-state index is 6.40. The van der Waals surface area contributed by atoms with Crippen molar-refractivity contribution < 1.29 is 0 Å². The van der Waals surface area contributed by atoms with Gasteiger partial charge in [0.1, 0.15) is 0 Å². The van der Waals surface area contributed by atoms with Crippen LogP contribution >= 0.6 is 11.3 Å². The summed E-state index contributed by atoms with van der Waals surface area (Å²) in [6.07, 6.45) is 1.89. The van der Waals surface area contributed by atoms with E-state index < -0.39 is 0 Å². The molecule has 108 valence electrons. The van der Waals surface area contributed by atoms with Crippen LogP contribution in [0.3, 0.4) is 0 Å². The van der Waals surface area contributed by atoms with Gasteiger partial charge in [0.05, 0.1) is 16.3 Å². The molecule has 2 aromatic heterocycles. The van der Waals surface area contributed by atoms with Crippen molar-refractivity contribution in [2.45, 2.75) is 32.2 Å². The third kappa shape index (κ3) is 2.85.